The second-order valence-corrected chi connectivity index (χ2v) is 11.7. The fraction of sp³-hybridized carbons (Fsp3) is 0.175. The molecular weight excluding hydrogens is 576 g/mol. The molecule has 230 valence electrons. The van der Waals surface area contributed by atoms with Gasteiger partial charge < -0.3 is 13.3 Å². The fourth-order valence-electron chi connectivity index (χ4n) is 5.65. The maximum Gasteiger partial charge on any atom is 0.194 e. The molecule has 0 fully saturated rings. The summed E-state index contributed by atoms with van der Waals surface area (Å²) in [5, 5.41) is 0. The van der Waals surface area contributed by atoms with Crippen molar-refractivity contribution in [3.63, 3.8) is 0 Å². The number of carbonyl (C=O) groups excluding carboxylic acids is 3. The molecule has 0 aliphatic carbocycles. The molecule has 0 spiro atoms. The zero-order valence-corrected chi connectivity index (χ0v) is 26.0. The molecule has 6 rings (SSSR count). The Morgan fingerprint density at radius 3 is 0.891 bits per heavy atom. The Balaban J connectivity index is 1.26. The average molecular weight is 611 g/mol. The zero-order valence-electron chi connectivity index (χ0n) is 26.0. The molecule has 0 bridgehead atoms. The third-order valence-corrected chi connectivity index (χ3v) is 8.10. The Morgan fingerprint density at radius 1 is 0.413 bits per heavy atom. The maximum atomic E-state index is 11.6. The van der Waals surface area contributed by atoms with Crippen molar-refractivity contribution in [2.24, 2.45) is 0 Å². The minimum Gasteiger partial charge on any atom is -0.458 e. The Kier molecular flexibility index (Phi) is 8.79. The molecule has 6 nitrogen and oxygen atoms in total. The number of hydrogen-bond donors (Lipinski definition) is 0. The normalized spacial score (nSPS) is 11.2. The van der Waals surface area contributed by atoms with Crippen LogP contribution in [0, 0.1) is 0 Å². The lowest BCUT2D eigenvalue weighted by molar-refractivity contribution is 0.0978. The SMILES string of the molecule is CC(=O)c1ccc(Cc2ccc(C(c3ccc(Cc4ccc(C(C)=O)o4)cc3)c3ccc(Cc4ccc(C(C)=O)o4)cc3)cc2)o1. The molecule has 0 unspecified atom stereocenters. The third-order valence-electron chi connectivity index (χ3n) is 8.10. The molecule has 0 atom stereocenters. The van der Waals surface area contributed by atoms with Crippen LogP contribution in [0.15, 0.2) is 122 Å². The van der Waals surface area contributed by atoms with Gasteiger partial charge in [-0.15, -0.1) is 0 Å². The number of ketones is 3. The van der Waals surface area contributed by atoms with Crippen molar-refractivity contribution >= 4 is 17.3 Å². The van der Waals surface area contributed by atoms with Crippen LogP contribution < -0.4 is 0 Å². The van der Waals surface area contributed by atoms with E-state index in [4.69, 9.17) is 13.3 Å². The highest BCUT2D eigenvalue weighted by Gasteiger charge is 2.18. The smallest absolute Gasteiger partial charge is 0.194 e. The van der Waals surface area contributed by atoms with Gasteiger partial charge in [0.25, 0.3) is 0 Å². The van der Waals surface area contributed by atoms with Gasteiger partial charge in [-0.2, -0.15) is 0 Å². The van der Waals surface area contributed by atoms with Gasteiger partial charge in [-0.1, -0.05) is 72.8 Å². The number of hydrogen-bond acceptors (Lipinski definition) is 6. The van der Waals surface area contributed by atoms with Crippen LogP contribution >= 0.6 is 0 Å². The van der Waals surface area contributed by atoms with Gasteiger partial charge in [-0.05, 0) is 69.8 Å². The first-order valence-corrected chi connectivity index (χ1v) is 15.3. The molecule has 0 amide bonds. The van der Waals surface area contributed by atoms with E-state index in [9.17, 15) is 14.4 Å². The molecule has 0 aliphatic heterocycles. The Morgan fingerprint density at radius 2 is 0.674 bits per heavy atom. The third kappa shape index (κ3) is 7.08. The lowest BCUT2D eigenvalue weighted by Crippen LogP contribution is -2.04. The van der Waals surface area contributed by atoms with Gasteiger partial charge in [0.05, 0.1) is 0 Å². The number of furan rings is 3. The minimum atomic E-state index is -0.0866. The summed E-state index contributed by atoms with van der Waals surface area (Å²) in [5.41, 5.74) is 6.69. The largest absolute Gasteiger partial charge is 0.458 e. The zero-order chi connectivity index (χ0) is 32.2. The molecule has 0 saturated heterocycles. The van der Waals surface area contributed by atoms with E-state index in [1.54, 1.807) is 18.2 Å². The van der Waals surface area contributed by atoms with E-state index in [1.807, 2.05) is 18.2 Å². The predicted octanol–water partition coefficient (Wildman–Crippen LogP) is 9.03. The van der Waals surface area contributed by atoms with Gasteiger partial charge in [0.2, 0.25) is 0 Å². The Bertz CT molecular complexity index is 1750. The van der Waals surface area contributed by atoms with E-state index < -0.39 is 0 Å². The quantitative estimate of drug-likeness (QED) is 0.101. The first-order chi connectivity index (χ1) is 22.2. The molecule has 0 saturated carbocycles. The van der Waals surface area contributed by atoms with Gasteiger partial charge in [0, 0.05) is 46.0 Å². The van der Waals surface area contributed by atoms with E-state index in [1.165, 1.54) is 20.8 Å². The molecule has 0 radical (unpaired) electrons. The van der Waals surface area contributed by atoms with Crippen LogP contribution in [-0.4, -0.2) is 17.3 Å². The minimum absolute atomic E-state index is 0.0223. The van der Waals surface area contributed by atoms with Gasteiger partial charge in [0.15, 0.2) is 34.6 Å². The highest BCUT2D eigenvalue weighted by atomic mass is 16.4. The lowest BCUT2D eigenvalue weighted by Gasteiger charge is -2.20. The first kappa shape index (κ1) is 30.5. The summed E-state index contributed by atoms with van der Waals surface area (Å²) in [6.45, 7) is 4.50. The number of rotatable bonds is 12. The summed E-state index contributed by atoms with van der Waals surface area (Å²) in [4.78, 5) is 34.9. The summed E-state index contributed by atoms with van der Waals surface area (Å²) < 4.78 is 17.1. The van der Waals surface area contributed by atoms with E-state index in [2.05, 4.69) is 72.8 Å². The standard InChI is InChI=1S/C40H34O6/c1-25(41)37-19-16-34(44-37)22-28-4-10-31(11-5-28)40(32-12-6-29(7-13-32)23-35-17-20-38(45-35)26(2)42)33-14-8-30(9-15-33)24-36-18-21-39(46-36)27(3)43/h4-21,40H,22-24H2,1-3H3. The van der Waals surface area contributed by atoms with E-state index >= 15 is 0 Å². The molecule has 6 aromatic rings. The second-order valence-electron chi connectivity index (χ2n) is 11.7. The monoisotopic (exact) mass is 610 g/mol. The lowest BCUT2D eigenvalue weighted by atomic mass is 9.84. The Labute approximate surface area is 267 Å². The topological polar surface area (TPSA) is 90.6 Å². The van der Waals surface area contributed by atoms with Crippen molar-refractivity contribution in [2.45, 2.75) is 46.0 Å². The van der Waals surface area contributed by atoms with Gasteiger partial charge in [0.1, 0.15) is 17.3 Å². The predicted molar refractivity (Wildman–Crippen MR) is 175 cm³/mol. The van der Waals surface area contributed by atoms with Crippen molar-refractivity contribution in [1.82, 2.24) is 0 Å². The summed E-state index contributed by atoms with van der Waals surface area (Å²) in [5.74, 6) is 3.08. The van der Waals surface area contributed by atoms with Crippen LogP contribution in [0.25, 0.3) is 0 Å². The fourth-order valence-corrected chi connectivity index (χ4v) is 5.65. The van der Waals surface area contributed by atoms with Crippen molar-refractivity contribution in [3.8, 4) is 0 Å². The van der Waals surface area contributed by atoms with E-state index in [0.717, 1.165) is 50.7 Å². The van der Waals surface area contributed by atoms with Crippen molar-refractivity contribution in [1.29, 1.82) is 0 Å². The second kappa shape index (κ2) is 13.2. The molecule has 0 N–H and O–H groups in total. The summed E-state index contributed by atoms with van der Waals surface area (Å²) in [6.07, 6.45) is 1.79. The van der Waals surface area contributed by atoms with Crippen LogP contribution in [0.2, 0.25) is 0 Å². The highest BCUT2D eigenvalue weighted by Crippen LogP contribution is 2.33. The van der Waals surface area contributed by atoms with Crippen molar-refractivity contribution < 1.29 is 27.6 Å². The molecule has 0 aliphatic rings. The average Bonchev–Trinajstić information content (AvgIpc) is 3.82. The molecule has 3 aromatic heterocycles. The van der Waals surface area contributed by atoms with Gasteiger partial charge in [-0.3, -0.25) is 14.4 Å². The van der Waals surface area contributed by atoms with Gasteiger partial charge in [-0.25, -0.2) is 0 Å². The Hall–Kier alpha value is -5.49. The molecule has 6 heteroatoms. The molecule has 3 aromatic carbocycles. The van der Waals surface area contributed by atoms with Crippen LogP contribution in [0.4, 0.5) is 0 Å². The van der Waals surface area contributed by atoms with E-state index in [-0.39, 0.29) is 23.3 Å². The van der Waals surface area contributed by atoms with Crippen LogP contribution in [0.1, 0.15) is 109 Å². The van der Waals surface area contributed by atoms with Crippen LogP contribution in [-0.2, 0) is 19.3 Å². The number of benzene rings is 3. The van der Waals surface area contributed by atoms with E-state index in [0.29, 0.717) is 36.5 Å². The molecule has 46 heavy (non-hydrogen) atoms. The summed E-state index contributed by atoms with van der Waals surface area (Å²) >= 11 is 0. The van der Waals surface area contributed by atoms with Crippen LogP contribution in [0.3, 0.4) is 0 Å². The van der Waals surface area contributed by atoms with Crippen molar-refractivity contribution in [3.05, 3.63) is 177 Å². The highest BCUT2D eigenvalue weighted by molar-refractivity contribution is 5.92. The molecule has 3 heterocycles. The number of carbonyl (C=O) groups is 3. The summed E-state index contributed by atoms with van der Waals surface area (Å²) in [6, 6.07) is 36.2. The van der Waals surface area contributed by atoms with Crippen molar-refractivity contribution in [2.75, 3.05) is 0 Å². The first-order valence-electron chi connectivity index (χ1n) is 15.3. The van der Waals surface area contributed by atoms with Gasteiger partial charge >= 0.3 is 0 Å². The number of Topliss-reactive ketones (excluding diaryl/α,β-unsaturated/α-hetero) is 3. The summed E-state index contributed by atoms with van der Waals surface area (Å²) in [7, 11) is 0. The maximum absolute atomic E-state index is 11.6. The molecular formula is C40H34O6. The van der Waals surface area contributed by atoms with Crippen LogP contribution in [0.5, 0.6) is 0 Å².